The Morgan fingerprint density at radius 1 is 1.62 bits per heavy atom. The summed E-state index contributed by atoms with van der Waals surface area (Å²) in [6.45, 7) is 5.24. The minimum Gasteiger partial charge on any atom is -0.480 e. The molecule has 1 rings (SSSR count). The molecule has 0 unspecified atom stereocenters. The van der Waals surface area contributed by atoms with Crippen LogP contribution in [0.5, 0.6) is 0 Å². The van der Waals surface area contributed by atoms with Crippen molar-refractivity contribution < 1.29 is 9.90 Å². The molecule has 3 nitrogen and oxygen atoms in total. The molecule has 0 aliphatic carbocycles. The van der Waals surface area contributed by atoms with Gasteiger partial charge in [-0.25, -0.2) is 0 Å². The van der Waals surface area contributed by atoms with E-state index in [0.29, 0.717) is 11.8 Å². The van der Waals surface area contributed by atoms with Crippen LogP contribution < -0.4 is 5.32 Å². The molecule has 1 saturated heterocycles. The van der Waals surface area contributed by atoms with Crippen LogP contribution in [0.2, 0.25) is 0 Å². The summed E-state index contributed by atoms with van der Waals surface area (Å²) in [6.07, 6.45) is 3.08. The average Bonchev–Trinajstić information content (AvgIpc) is 2.03. The maximum Gasteiger partial charge on any atom is 0.320 e. The summed E-state index contributed by atoms with van der Waals surface area (Å²) in [5.41, 5.74) is 0. The van der Waals surface area contributed by atoms with Crippen molar-refractivity contribution in [2.45, 2.75) is 39.2 Å². The standard InChI is InChI=1S/C10H19NO2/c1-7(2)5-8-3-4-11-9(6-8)10(12)13/h7-9,11H,3-6H2,1-2H3,(H,12,13)/t8-,9-/m1/s1. The molecule has 1 aliphatic rings. The van der Waals surface area contributed by atoms with Gasteiger partial charge < -0.3 is 10.4 Å². The van der Waals surface area contributed by atoms with E-state index in [0.717, 1.165) is 25.8 Å². The second-order valence-corrected chi connectivity index (χ2v) is 4.36. The Kier molecular flexibility index (Phi) is 3.72. The monoisotopic (exact) mass is 185 g/mol. The summed E-state index contributed by atoms with van der Waals surface area (Å²) in [7, 11) is 0. The van der Waals surface area contributed by atoms with Gasteiger partial charge >= 0.3 is 5.97 Å². The number of hydrogen-bond acceptors (Lipinski definition) is 2. The second-order valence-electron chi connectivity index (χ2n) is 4.36. The highest BCUT2D eigenvalue weighted by molar-refractivity contribution is 5.73. The summed E-state index contributed by atoms with van der Waals surface area (Å²) < 4.78 is 0. The van der Waals surface area contributed by atoms with Crippen molar-refractivity contribution in [3.8, 4) is 0 Å². The van der Waals surface area contributed by atoms with Crippen LogP contribution >= 0.6 is 0 Å². The van der Waals surface area contributed by atoms with Crippen molar-refractivity contribution >= 4 is 5.97 Å². The minimum absolute atomic E-state index is 0.308. The van der Waals surface area contributed by atoms with Crippen LogP contribution in [0.3, 0.4) is 0 Å². The van der Waals surface area contributed by atoms with E-state index < -0.39 is 5.97 Å². The van der Waals surface area contributed by atoms with Gasteiger partial charge in [-0.1, -0.05) is 13.8 Å². The smallest absolute Gasteiger partial charge is 0.320 e. The number of rotatable bonds is 3. The zero-order valence-corrected chi connectivity index (χ0v) is 8.42. The fourth-order valence-electron chi connectivity index (χ4n) is 2.07. The van der Waals surface area contributed by atoms with Crippen molar-refractivity contribution in [3.63, 3.8) is 0 Å². The molecule has 0 spiro atoms. The molecule has 0 saturated carbocycles. The lowest BCUT2D eigenvalue weighted by Gasteiger charge is -2.28. The number of aliphatic carboxylic acids is 1. The van der Waals surface area contributed by atoms with E-state index in [-0.39, 0.29) is 6.04 Å². The molecule has 13 heavy (non-hydrogen) atoms. The molecule has 3 heteroatoms. The van der Waals surface area contributed by atoms with Crippen molar-refractivity contribution in [1.29, 1.82) is 0 Å². The van der Waals surface area contributed by atoms with E-state index in [1.54, 1.807) is 0 Å². The number of piperidine rings is 1. The van der Waals surface area contributed by atoms with Crippen LogP contribution in [0, 0.1) is 11.8 Å². The van der Waals surface area contributed by atoms with Gasteiger partial charge in [0.05, 0.1) is 0 Å². The topological polar surface area (TPSA) is 49.3 Å². The molecule has 1 fully saturated rings. The number of carbonyl (C=O) groups is 1. The molecule has 2 N–H and O–H groups in total. The molecular formula is C10H19NO2. The highest BCUT2D eigenvalue weighted by Crippen LogP contribution is 2.23. The minimum atomic E-state index is -0.701. The Bertz CT molecular complexity index is 180. The van der Waals surface area contributed by atoms with Crippen molar-refractivity contribution in [2.24, 2.45) is 11.8 Å². The van der Waals surface area contributed by atoms with Gasteiger partial charge in [0, 0.05) is 0 Å². The average molecular weight is 185 g/mol. The molecule has 1 heterocycles. The zero-order valence-electron chi connectivity index (χ0n) is 8.42. The number of hydrogen-bond donors (Lipinski definition) is 2. The summed E-state index contributed by atoms with van der Waals surface area (Å²) in [6, 6.07) is -0.308. The van der Waals surface area contributed by atoms with Crippen LogP contribution in [0.25, 0.3) is 0 Å². The third kappa shape index (κ3) is 3.35. The molecule has 2 atom stereocenters. The molecule has 0 bridgehead atoms. The first kappa shape index (κ1) is 10.5. The SMILES string of the molecule is CC(C)C[C@H]1CCN[C@@H](C(=O)O)C1. The quantitative estimate of drug-likeness (QED) is 0.700. The van der Waals surface area contributed by atoms with E-state index in [2.05, 4.69) is 19.2 Å². The highest BCUT2D eigenvalue weighted by Gasteiger charge is 2.26. The zero-order chi connectivity index (χ0) is 9.84. The summed E-state index contributed by atoms with van der Waals surface area (Å²) in [5.74, 6) is 0.577. The first-order chi connectivity index (χ1) is 6.09. The van der Waals surface area contributed by atoms with Gasteiger partial charge in [-0.3, -0.25) is 4.79 Å². The van der Waals surface area contributed by atoms with Gasteiger partial charge in [-0.15, -0.1) is 0 Å². The molecule has 0 aromatic rings. The van der Waals surface area contributed by atoms with Crippen LogP contribution in [-0.2, 0) is 4.79 Å². The molecule has 76 valence electrons. The van der Waals surface area contributed by atoms with Gasteiger partial charge in [-0.05, 0) is 37.6 Å². The number of carboxylic acids is 1. The lowest BCUT2D eigenvalue weighted by molar-refractivity contribution is -0.140. The van der Waals surface area contributed by atoms with E-state index in [4.69, 9.17) is 5.11 Å². The summed E-state index contributed by atoms with van der Waals surface area (Å²) in [4.78, 5) is 10.7. The fraction of sp³-hybridized carbons (Fsp3) is 0.900. The van der Waals surface area contributed by atoms with E-state index in [1.807, 2.05) is 0 Å². The van der Waals surface area contributed by atoms with Gasteiger partial charge in [0.15, 0.2) is 0 Å². The maximum atomic E-state index is 10.7. The normalized spacial score (nSPS) is 29.2. The highest BCUT2D eigenvalue weighted by atomic mass is 16.4. The van der Waals surface area contributed by atoms with Crippen LogP contribution in [0.1, 0.15) is 33.1 Å². The Morgan fingerprint density at radius 3 is 2.85 bits per heavy atom. The third-order valence-electron chi connectivity index (χ3n) is 2.62. The Morgan fingerprint density at radius 2 is 2.31 bits per heavy atom. The van der Waals surface area contributed by atoms with Gasteiger partial charge in [0.1, 0.15) is 6.04 Å². The lowest BCUT2D eigenvalue weighted by atomic mass is 9.86. The molecular weight excluding hydrogens is 166 g/mol. The molecule has 0 aromatic heterocycles. The summed E-state index contributed by atoms with van der Waals surface area (Å²) in [5, 5.41) is 11.8. The van der Waals surface area contributed by atoms with Gasteiger partial charge in [0.2, 0.25) is 0 Å². The van der Waals surface area contributed by atoms with Crippen LogP contribution in [-0.4, -0.2) is 23.7 Å². The number of carboxylic acid groups (broad SMARTS) is 1. The third-order valence-corrected chi connectivity index (χ3v) is 2.62. The Hall–Kier alpha value is -0.570. The van der Waals surface area contributed by atoms with E-state index in [1.165, 1.54) is 0 Å². The number of nitrogens with one attached hydrogen (secondary N) is 1. The first-order valence-electron chi connectivity index (χ1n) is 5.05. The van der Waals surface area contributed by atoms with Crippen molar-refractivity contribution in [2.75, 3.05) is 6.54 Å². The van der Waals surface area contributed by atoms with E-state index in [9.17, 15) is 4.79 Å². The van der Waals surface area contributed by atoms with Gasteiger partial charge in [-0.2, -0.15) is 0 Å². The van der Waals surface area contributed by atoms with Crippen LogP contribution in [0.15, 0.2) is 0 Å². The molecule has 1 aliphatic heterocycles. The predicted molar refractivity (Wildman–Crippen MR) is 51.6 cm³/mol. The van der Waals surface area contributed by atoms with Gasteiger partial charge in [0.25, 0.3) is 0 Å². The predicted octanol–water partition coefficient (Wildman–Crippen LogP) is 1.49. The largest absolute Gasteiger partial charge is 0.480 e. The van der Waals surface area contributed by atoms with Crippen LogP contribution in [0.4, 0.5) is 0 Å². The maximum absolute atomic E-state index is 10.7. The molecule has 0 radical (unpaired) electrons. The second kappa shape index (κ2) is 4.61. The Balaban J connectivity index is 2.37. The molecule has 0 aromatic carbocycles. The summed E-state index contributed by atoms with van der Waals surface area (Å²) >= 11 is 0. The molecule has 0 amide bonds. The Labute approximate surface area is 79.5 Å². The first-order valence-corrected chi connectivity index (χ1v) is 5.05. The van der Waals surface area contributed by atoms with E-state index >= 15 is 0 Å². The van der Waals surface area contributed by atoms with Crippen molar-refractivity contribution in [3.05, 3.63) is 0 Å². The van der Waals surface area contributed by atoms with Crippen molar-refractivity contribution in [1.82, 2.24) is 5.32 Å². The lowest BCUT2D eigenvalue weighted by Crippen LogP contribution is -2.43. The fourth-order valence-corrected chi connectivity index (χ4v) is 2.07.